The molecule has 74 heavy (non-hydrogen) atoms. The lowest BCUT2D eigenvalue weighted by molar-refractivity contribution is 0.591. The lowest BCUT2D eigenvalue weighted by Crippen LogP contribution is -2.15. The van der Waals surface area contributed by atoms with Crippen LogP contribution in [0.15, 0.2) is 194 Å². The van der Waals surface area contributed by atoms with E-state index in [2.05, 4.69) is 275 Å². The maximum Gasteiger partial charge on any atom is 0.146 e. The van der Waals surface area contributed by atoms with Gasteiger partial charge in [0.2, 0.25) is 0 Å². The second kappa shape index (κ2) is 15.6. The molecule has 5 heterocycles. The van der Waals surface area contributed by atoms with Crippen molar-refractivity contribution >= 4 is 121 Å². The van der Waals surface area contributed by atoms with Crippen LogP contribution in [-0.2, 0) is 16.2 Å². The molecule has 5 nitrogen and oxygen atoms in total. The van der Waals surface area contributed by atoms with E-state index in [0.29, 0.717) is 0 Å². The van der Waals surface area contributed by atoms with Crippen LogP contribution in [0, 0.1) is 0 Å². The minimum Gasteiger partial charge on any atom is -0.308 e. The zero-order chi connectivity index (χ0) is 50.6. The summed E-state index contributed by atoms with van der Waals surface area (Å²) >= 11 is 0. The predicted molar refractivity (Wildman–Crippen MR) is 317 cm³/mol. The zero-order valence-corrected chi connectivity index (χ0v) is 43.7. The minimum absolute atomic E-state index is 0.119. The Morgan fingerprint density at radius 3 is 1.26 bits per heavy atom. The standard InChI is InChI=1S/C69H59N5/c1-67(2,3)43-36-53-54-41-57-61(70-66(54)74-62(53)55(38-43)60-50-33-23-22-24-42(50)34-58(65(60)74)71(46-25-14-10-15-26-46)47-27-16-11-17-28-47)56-39-44(68(4,5)6)35-51-52-37-45(69(7,8)9)40-59(64(52)73(57)63(51)56)72(48-29-18-12-19-30-48)49-31-20-13-21-32-49/h10-41H,1-9H3. The third-order valence-electron chi connectivity index (χ3n) is 15.9. The molecular formula is C69H59N5. The lowest BCUT2D eigenvalue weighted by Gasteiger charge is -2.29. The van der Waals surface area contributed by atoms with Crippen molar-refractivity contribution in [2.24, 2.45) is 0 Å². The number of pyridine rings is 1. The quantitative estimate of drug-likeness (QED) is 0.166. The molecule has 0 aliphatic carbocycles. The summed E-state index contributed by atoms with van der Waals surface area (Å²) in [7, 11) is 0. The molecule has 9 aromatic carbocycles. The number of para-hydroxylation sites is 4. The largest absolute Gasteiger partial charge is 0.308 e. The summed E-state index contributed by atoms with van der Waals surface area (Å²) < 4.78 is 5.12. The smallest absolute Gasteiger partial charge is 0.146 e. The van der Waals surface area contributed by atoms with E-state index < -0.39 is 0 Å². The second-order valence-electron chi connectivity index (χ2n) is 23.7. The Morgan fingerprint density at radius 2 is 0.743 bits per heavy atom. The van der Waals surface area contributed by atoms with E-state index in [1.807, 2.05) is 0 Å². The number of rotatable bonds is 6. The molecule has 0 radical (unpaired) electrons. The molecule has 5 heteroatoms. The molecule has 5 aromatic heterocycles. The van der Waals surface area contributed by atoms with Gasteiger partial charge in [0.25, 0.3) is 0 Å². The summed E-state index contributed by atoms with van der Waals surface area (Å²) in [6.07, 6.45) is 0. The molecule has 0 bridgehead atoms. The van der Waals surface area contributed by atoms with Crippen LogP contribution in [0.4, 0.5) is 34.1 Å². The molecule has 0 fully saturated rings. The SMILES string of the molecule is CC(C)(C)c1cc(N(c2ccccc2)c2ccccc2)c2c(c1)c1cc(C(C)(C)C)cc3c4nc5c(cc4n2c13)c1cc(C(C)(C)C)cc2c3c4ccccc4cc(N(c4ccccc4)c4ccccc4)c3n5c12. The van der Waals surface area contributed by atoms with E-state index in [9.17, 15) is 0 Å². The Morgan fingerprint density at radius 1 is 0.338 bits per heavy atom. The van der Waals surface area contributed by atoms with Crippen LogP contribution in [0.3, 0.4) is 0 Å². The van der Waals surface area contributed by atoms with Crippen molar-refractivity contribution in [3.8, 4) is 0 Å². The van der Waals surface area contributed by atoms with E-state index in [-0.39, 0.29) is 16.2 Å². The average molecular weight is 958 g/mol. The fourth-order valence-corrected chi connectivity index (χ4v) is 12.1. The molecule has 0 amide bonds. The van der Waals surface area contributed by atoms with Gasteiger partial charge in [-0.15, -0.1) is 0 Å². The summed E-state index contributed by atoms with van der Waals surface area (Å²) in [4.78, 5) is 11.0. The third kappa shape index (κ3) is 6.45. The van der Waals surface area contributed by atoms with Crippen molar-refractivity contribution < 1.29 is 0 Å². The zero-order valence-electron chi connectivity index (χ0n) is 43.7. The van der Waals surface area contributed by atoms with Gasteiger partial charge in [0.1, 0.15) is 5.65 Å². The number of benzene rings is 9. The highest BCUT2D eigenvalue weighted by molar-refractivity contribution is 6.33. The van der Waals surface area contributed by atoms with E-state index in [4.69, 9.17) is 4.98 Å². The highest BCUT2D eigenvalue weighted by atomic mass is 15.2. The summed E-state index contributed by atoms with van der Waals surface area (Å²) in [5.41, 5.74) is 18.0. The second-order valence-corrected chi connectivity index (χ2v) is 23.7. The van der Waals surface area contributed by atoms with E-state index >= 15 is 0 Å². The van der Waals surface area contributed by atoms with Gasteiger partial charge in [0.15, 0.2) is 0 Å². The summed E-state index contributed by atoms with van der Waals surface area (Å²) in [5.74, 6) is 0. The summed E-state index contributed by atoms with van der Waals surface area (Å²) in [6.45, 7) is 21.1. The number of fused-ring (bicyclic) bond motifs is 14. The Balaban J connectivity index is 1.21. The van der Waals surface area contributed by atoms with Gasteiger partial charge in [0, 0.05) is 60.5 Å². The van der Waals surface area contributed by atoms with Gasteiger partial charge >= 0.3 is 0 Å². The number of anilines is 6. The molecule has 360 valence electrons. The lowest BCUT2D eigenvalue weighted by atomic mass is 9.84. The first-order valence-electron chi connectivity index (χ1n) is 26.2. The normalized spacial score (nSPS) is 12.9. The Kier molecular flexibility index (Phi) is 9.31. The van der Waals surface area contributed by atoms with Crippen LogP contribution in [-0.4, -0.2) is 13.8 Å². The van der Waals surface area contributed by atoms with Gasteiger partial charge < -0.3 is 14.2 Å². The van der Waals surface area contributed by atoms with E-state index in [1.54, 1.807) is 0 Å². The van der Waals surface area contributed by atoms with Gasteiger partial charge in [-0.1, -0.05) is 159 Å². The number of hydrogen-bond acceptors (Lipinski definition) is 3. The molecule has 14 rings (SSSR count). The fourth-order valence-electron chi connectivity index (χ4n) is 12.1. The van der Waals surface area contributed by atoms with Gasteiger partial charge in [-0.05, 0) is 141 Å². The topological polar surface area (TPSA) is 28.2 Å². The summed E-state index contributed by atoms with van der Waals surface area (Å²) in [5, 5.41) is 11.0. The molecule has 0 aliphatic heterocycles. The van der Waals surface area contributed by atoms with Gasteiger partial charge in [-0.3, -0.25) is 4.40 Å². The number of nitrogens with zero attached hydrogens (tertiary/aromatic N) is 5. The number of hydrogen-bond donors (Lipinski definition) is 0. The van der Waals surface area contributed by atoms with Crippen LogP contribution in [0.5, 0.6) is 0 Å². The first kappa shape index (κ1) is 44.3. The molecule has 0 spiro atoms. The molecule has 0 aliphatic rings. The van der Waals surface area contributed by atoms with Crippen molar-refractivity contribution in [1.29, 1.82) is 0 Å². The molecule has 0 N–H and O–H groups in total. The first-order valence-corrected chi connectivity index (χ1v) is 26.2. The van der Waals surface area contributed by atoms with Gasteiger partial charge in [0.05, 0.1) is 44.5 Å². The van der Waals surface area contributed by atoms with Crippen LogP contribution in [0.1, 0.15) is 79.0 Å². The Labute approximate surface area is 432 Å². The monoisotopic (exact) mass is 957 g/mol. The van der Waals surface area contributed by atoms with Crippen molar-refractivity contribution in [1.82, 2.24) is 13.8 Å². The Hall–Kier alpha value is -8.41. The maximum absolute atomic E-state index is 6.11. The first-order chi connectivity index (χ1) is 35.6. The van der Waals surface area contributed by atoms with Crippen molar-refractivity contribution in [3.05, 3.63) is 211 Å². The van der Waals surface area contributed by atoms with E-state index in [0.717, 1.165) is 61.7 Å². The molecule has 0 atom stereocenters. The predicted octanol–water partition coefficient (Wildman–Crippen LogP) is 19.4. The molecular weight excluding hydrogens is 899 g/mol. The van der Waals surface area contributed by atoms with Crippen LogP contribution in [0.2, 0.25) is 0 Å². The average Bonchev–Trinajstić information content (AvgIpc) is 4.12. The molecule has 14 aromatic rings. The van der Waals surface area contributed by atoms with Crippen LogP contribution < -0.4 is 9.80 Å². The highest BCUT2D eigenvalue weighted by Gasteiger charge is 2.32. The van der Waals surface area contributed by atoms with Crippen molar-refractivity contribution in [2.45, 2.75) is 78.6 Å². The summed E-state index contributed by atoms with van der Waals surface area (Å²) in [6, 6.07) is 72.2. The van der Waals surface area contributed by atoms with Crippen molar-refractivity contribution in [3.63, 3.8) is 0 Å². The molecule has 0 unspecified atom stereocenters. The van der Waals surface area contributed by atoms with Crippen LogP contribution in [0.25, 0.3) is 87.2 Å². The minimum atomic E-state index is -0.125. The fraction of sp³-hybridized carbons (Fsp3) is 0.174. The van der Waals surface area contributed by atoms with Gasteiger partial charge in [-0.25, -0.2) is 4.98 Å². The maximum atomic E-state index is 6.11. The van der Waals surface area contributed by atoms with Crippen LogP contribution >= 0.6 is 0 Å². The number of aromatic nitrogens is 3. The molecule has 0 saturated carbocycles. The van der Waals surface area contributed by atoms with Gasteiger partial charge in [-0.2, -0.15) is 0 Å². The molecule has 0 saturated heterocycles. The Bertz CT molecular complexity index is 4430. The highest BCUT2D eigenvalue weighted by Crippen LogP contribution is 2.52. The van der Waals surface area contributed by atoms with E-state index in [1.165, 1.54) is 76.3 Å². The third-order valence-corrected chi connectivity index (χ3v) is 15.9. The van der Waals surface area contributed by atoms with Crippen molar-refractivity contribution in [2.75, 3.05) is 9.80 Å².